The number of aromatic nitrogens is 1. The number of nitrogen functional groups attached to an aromatic ring is 1. The summed E-state index contributed by atoms with van der Waals surface area (Å²) in [5.74, 6) is -0.0242. The fourth-order valence-corrected chi connectivity index (χ4v) is 2.18. The van der Waals surface area contributed by atoms with Crippen LogP contribution in [0.25, 0.3) is 0 Å². The smallest absolute Gasteiger partial charge is 0.196 e. The lowest BCUT2D eigenvalue weighted by atomic mass is 10.4. The molecule has 0 radical (unpaired) electrons. The summed E-state index contributed by atoms with van der Waals surface area (Å²) in [5.41, 5.74) is 5.72. The van der Waals surface area contributed by atoms with Gasteiger partial charge in [-0.05, 0) is 6.07 Å². The van der Waals surface area contributed by atoms with Gasteiger partial charge in [-0.2, -0.15) is 0 Å². The van der Waals surface area contributed by atoms with Gasteiger partial charge in [0.1, 0.15) is 0 Å². The average molecular weight is 221 g/mol. The van der Waals surface area contributed by atoms with Crippen LogP contribution < -0.4 is 5.73 Å². The summed E-state index contributed by atoms with van der Waals surface area (Å²) >= 11 is 5.67. The summed E-state index contributed by atoms with van der Waals surface area (Å²) in [6.07, 6.45) is 1.27. The Bertz CT molecular complexity index is 417. The lowest BCUT2D eigenvalue weighted by Crippen LogP contribution is -2.07. The van der Waals surface area contributed by atoms with Crippen LogP contribution in [0.15, 0.2) is 17.3 Å². The Kier molecular flexibility index (Phi) is 2.77. The molecule has 0 saturated heterocycles. The number of hydrogen-bond donors (Lipinski definition) is 1. The molecule has 1 aromatic heterocycles. The fourth-order valence-electron chi connectivity index (χ4n) is 0.806. The van der Waals surface area contributed by atoms with Crippen molar-refractivity contribution in [2.75, 3.05) is 11.5 Å². The van der Waals surface area contributed by atoms with Crippen LogP contribution in [0.4, 0.5) is 5.69 Å². The van der Waals surface area contributed by atoms with E-state index in [1.807, 2.05) is 0 Å². The standard InChI is InChI=1S/C7H9ClN2O2S/c1-2-13(11,12)7-6(8)3-5(9)4-10-7/h3-4H,2,9H2,1H3. The van der Waals surface area contributed by atoms with Crippen LogP contribution in [0.1, 0.15) is 6.92 Å². The molecular weight excluding hydrogens is 212 g/mol. The highest BCUT2D eigenvalue weighted by Crippen LogP contribution is 2.21. The molecule has 1 rings (SSSR count). The summed E-state index contributed by atoms with van der Waals surface area (Å²) in [4.78, 5) is 3.68. The Labute approximate surface area is 81.6 Å². The topological polar surface area (TPSA) is 73.0 Å². The SMILES string of the molecule is CCS(=O)(=O)c1ncc(N)cc1Cl. The number of sulfone groups is 1. The lowest BCUT2D eigenvalue weighted by molar-refractivity contribution is 0.593. The number of pyridine rings is 1. The summed E-state index contributed by atoms with van der Waals surface area (Å²) in [7, 11) is -3.34. The van der Waals surface area contributed by atoms with Crippen LogP contribution in [0.5, 0.6) is 0 Å². The summed E-state index contributed by atoms with van der Waals surface area (Å²) in [5, 5.41) is -0.0345. The molecule has 4 nitrogen and oxygen atoms in total. The summed E-state index contributed by atoms with van der Waals surface area (Å²) < 4.78 is 22.7. The quantitative estimate of drug-likeness (QED) is 0.811. The molecule has 0 spiro atoms. The molecule has 0 unspecified atom stereocenters. The van der Waals surface area contributed by atoms with Crippen molar-refractivity contribution < 1.29 is 8.42 Å². The first-order valence-corrected chi connectivity index (χ1v) is 5.64. The maximum atomic E-state index is 11.3. The van der Waals surface area contributed by atoms with E-state index in [1.165, 1.54) is 19.2 Å². The molecule has 0 saturated carbocycles. The second-order valence-electron chi connectivity index (χ2n) is 2.46. The Hall–Kier alpha value is -0.810. The third-order valence-corrected chi connectivity index (χ3v) is 3.58. The van der Waals surface area contributed by atoms with Gasteiger partial charge in [0, 0.05) is 0 Å². The number of rotatable bonds is 2. The number of anilines is 1. The van der Waals surface area contributed by atoms with Gasteiger partial charge in [-0.25, -0.2) is 13.4 Å². The molecule has 0 aliphatic heterocycles. The van der Waals surface area contributed by atoms with Gasteiger partial charge in [0.05, 0.1) is 22.7 Å². The number of nitrogens with zero attached hydrogens (tertiary/aromatic N) is 1. The first kappa shape index (κ1) is 10.3. The third kappa shape index (κ3) is 2.10. The van der Waals surface area contributed by atoms with Gasteiger partial charge in [-0.3, -0.25) is 0 Å². The van der Waals surface area contributed by atoms with Crippen molar-refractivity contribution >= 4 is 27.1 Å². The van der Waals surface area contributed by atoms with E-state index in [0.717, 1.165) is 0 Å². The largest absolute Gasteiger partial charge is 0.397 e. The number of halogens is 1. The maximum Gasteiger partial charge on any atom is 0.196 e. The molecule has 13 heavy (non-hydrogen) atoms. The van der Waals surface area contributed by atoms with Crippen molar-refractivity contribution in [2.24, 2.45) is 0 Å². The molecule has 72 valence electrons. The van der Waals surface area contributed by atoms with Crippen LogP contribution in [-0.2, 0) is 9.84 Å². The second-order valence-corrected chi connectivity index (χ2v) is 5.06. The van der Waals surface area contributed by atoms with Gasteiger partial charge >= 0.3 is 0 Å². The van der Waals surface area contributed by atoms with Crippen molar-refractivity contribution in [1.82, 2.24) is 4.98 Å². The number of nitrogens with two attached hydrogens (primary N) is 1. The van der Waals surface area contributed by atoms with Gasteiger partial charge < -0.3 is 5.73 Å². The zero-order valence-electron chi connectivity index (χ0n) is 6.99. The van der Waals surface area contributed by atoms with Crippen LogP contribution in [0, 0.1) is 0 Å². The van der Waals surface area contributed by atoms with E-state index >= 15 is 0 Å². The van der Waals surface area contributed by atoms with Crippen molar-refractivity contribution in [2.45, 2.75) is 11.9 Å². The van der Waals surface area contributed by atoms with Gasteiger partial charge in [-0.15, -0.1) is 0 Å². The molecule has 0 aromatic carbocycles. The highest BCUT2D eigenvalue weighted by Gasteiger charge is 2.17. The molecule has 0 aliphatic rings. The first-order valence-electron chi connectivity index (χ1n) is 3.61. The van der Waals surface area contributed by atoms with E-state index in [0.29, 0.717) is 5.69 Å². The van der Waals surface area contributed by atoms with E-state index in [4.69, 9.17) is 17.3 Å². The highest BCUT2D eigenvalue weighted by molar-refractivity contribution is 7.91. The Morgan fingerprint density at radius 2 is 2.23 bits per heavy atom. The molecule has 0 fully saturated rings. The molecular formula is C7H9ClN2O2S. The summed E-state index contributed by atoms with van der Waals surface area (Å²) in [6, 6.07) is 1.37. The highest BCUT2D eigenvalue weighted by atomic mass is 35.5. The second kappa shape index (κ2) is 3.51. The van der Waals surface area contributed by atoms with E-state index in [-0.39, 0.29) is 15.8 Å². The van der Waals surface area contributed by atoms with Crippen LogP contribution in [0.3, 0.4) is 0 Å². The van der Waals surface area contributed by atoms with E-state index < -0.39 is 9.84 Å². The van der Waals surface area contributed by atoms with Crippen LogP contribution in [-0.4, -0.2) is 19.2 Å². The Balaban J connectivity index is 3.33. The van der Waals surface area contributed by atoms with Gasteiger partial charge in [-0.1, -0.05) is 18.5 Å². The zero-order valence-corrected chi connectivity index (χ0v) is 8.56. The predicted octanol–water partition coefficient (Wildman–Crippen LogP) is 1.11. The van der Waals surface area contributed by atoms with Crippen molar-refractivity contribution in [3.8, 4) is 0 Å². The fraction of sp³-hybridized carbons (Fsp3) is 0.286. The van der Waals surface area contributed by atoms with Crippen LogP contribution >= 0.6 is 11.6 Å². The Morgan fingerprint density at radius 1 is 1.62 bits per heavy atom. The Morgan fingerprint density at radius 3 is 2.69 bits per heavy atom. The number of hydrogen-bond acceptors (Lipinski definition) is 4. The van der Waals surface area contributed by atoms with Crippen molar-refractivity contribution in [1.29, 1.82) is 0 Å². The molecule has 0 aliphatic carbocycles. The molecule has 0 amide bonds. The molecule has 6 heteroatoms. The zero-order chi connectivity index (χ0) is 10.1. The molecule has 0 bridgehead atoms. The maximum absolute atomic E-state index is 11.3. The average Bonchev–Trinajstić information content (AvgIpc) is 2.03. The lowest BCUT2D eigenvalue weighted by Gasteiger charge is -2.02. The van der Waals surface area contributed by atoms with Gasteiger partial charge in [0.2, 0.25) is 0 Å². The monoisotopic (exact) mass is 220 g/mol. The van der Waals surface area contributed by atoms with E-state index in [1.54, 1.807) is 0 Å². The van der Waals surface area contributed by atoms with Crippen molar-refractivity contribution in [3.63, 3.8) is 0 Å². The predicted molar refractivity (Wildman–Crippen MR) is 51.4 cm³/mol. The van der Waals surface area contributed by atoms with Crippen LogP contribution in [0.2, 0.25) is 5.02 Å². The normalized spacial score (nSPS) is 11.5. The molecule has 1 heterocycles. The van der Waals surface area contributed by atoms with Crippen molar-refractivity contribution in [3.05, 3.63) is 17.3 Å². The van der Waals surface area contributed by atoms with E-state index in [9.17, 15) is 8.42 Å². The minimum atomic E-state index is -3.34. The first-order chi connectivity index (χ1) is 5.97. The summed E-state index contributed by atoms with van der Waals surface area (Å²) in [6.45, 7) is 1.53. The minimum Gasteiger partial charge on any atom is -0.397 e. The van der Waals surface area contributed by atoms with E-state index in [2.05, 4.69) is 4.98 Å². The molecule has 1 aromatic rings. The third-order valence-electron chi connectivity index (χ3n) is 1.50. The molecule has 0 atom stereocenters. The minimum absolute atomic E-state index is 0.0242. The van der Waals surface area contributed by atoms with Gasteiger partial charge in [0.25, 0.3) is 0 Å². The van der Waals surface area contributed by atoms with Gasteiger partial charge in [0.15, 0.2) is 14.9 Å². The molecule has 2 N–H and O–H groups in total.